The summed E-state index contributed by atoms with van der Waals surface area (Å²) in [5, 5.41) is 0. The van der Waals surface area contributed by atoms with E-state index in [2.05, 4.69) is 11.5 Å². The minimum absolute atomic E-state index is 0.279. The number of ether oxygens (including phenoxy) is 2. The maximum atomic E-state index is 12.3. The Balaban J connectivity index is 1.68. The first-order valence-electron chi connectivity index (χ1n) is 7.56. The zero-order valence-electron chi connectivity index (χ0n) is 12.1. The molecule has 5 nitrogen and oxygen atoms in total. The van der Waals surface area contributed by atoms with Crippen LogP contribution in [-0.2, 0) is 14.3 Å². The highest BCUT2D eigenvalue weighted by atomic mass is 16.5. The van der Waals surface area contributed by atoms with Crippen molar-refractivity contribution in [3.05, 3.63) is 12.7 Å². The predicted molar refractivity (Wildman–Crippen MR) is 75.4 cm³/mol. The molecule has 3 rings (SSSR count). The lowest BCUT2D eigenvalue weighted by atomic mass is 10.0. The third kappa shape index (κ3) is 3.05. The van der Waals surface area contributed by atoms with Crippen LogP contribution in [0, 0.1) is 5.92 Å². The second kappa shape index (κ2) is 5.84. The number of morpholine rings is 1. The molecule has 1 atom stereocenters. The van der Waals surface area contributed by atoms with Crippen molar-refractivity contribution < 1.29 is 14.3 Å². The first kappa shape index (κ1) is 14.0. The monoisotopic (exact) mass is 280 g/mol. The van der Waals surface area contributed by atoms with Gasteiger partial charge in [0.25, 0.3) is 0 Å². The van der Waals surface area contributed by atoms with Gasteiger partial charge in [0.15, 0.2) is 0 Å². The van der Waals surface area contributed by atoms with Crippen molar-refractivity contribution in [2.24, 2.45) is 5.92 Å². The molecule has 2 saturated heterocycles. The Morgan fingerprint density at radius 3 is 2.90 bits per heavy atom. The van der Waals surface area contributed by atoms with Crippen LogP contribution in [0.1, 0.15) is 12.8 Å². The first-order valence-corrected chi connectivity index (χ1v) is 7.56. The van der Waals surface area contributed by atoms with E-state index < -0.39 is 0 Å². The molecule has 0 N–H and O–H groups in total. The summed E-state index contributed by atoms with van der Waals surface area (Å²) in [4.78, 5) is 16.6. The fourth-order valence-corrected chi connectivity index (χ4v) is 3.13. The summed E-state index contributed by atoms with van der Waals surface area (Å²) >= 11 is 0. The fraction of sp³-hybridized carbons (Fsp3) is 0.800. The molecular formula is C15H24N2O3. The van der Waals surface area contributed by atoms with Gasteiger partial charge in [0, 0.05) is 32.1 Å². The minimum atomic E-state index is -0.359. The fourth-order valence-electron chi connectivity index (χ4n) is 3.13. The molecule has 0 aromatic carbocycles. The van der Waals surface area contributed by atoms with Crippen LogP contribution in [0.25, 0.3) is 0 Å². The van der Waals surface area contributed by atoms with Gasteiger partial charge in [-0.2, -0.15) is 0 Å². The molecule has 1 unspecified atom stereocenters. The highest BCUT2D eigenvalue weighted by Crippen LogP contribution is 2.33. The van der Waals surface area contributed by atoms with E-state index in [4.69, 9.17) is 9.47 Å². The molecule has 5 heteroatoms. The number of hydrogen-bond donors (Lipinski definition) is 0. The van der Waals surface area contributed by atoms with Gasteiger partial charge in [0.2, 0.25) is 5.91 Å². The highest BCUT2D eigenvalue weighted by Gasteiger charge is 2.43. The van der Waals surface area contributed by atoms with Crippen LogP contribution in [0.3, 0.4) is 0 Å². The second-order valence-electron chi connectivity index (χ2n) is 6.14. The molecule has 1 saturated carbocycles. The van der Waals surface area contributed by atoms with Gasteiger partial charge in [-0.15, -0.1) is 6.58 Å². The topological polar surface area (TPSA) is 42.0 Å². The van der Waals surface area contributed by atoms with Gasteiger partial charge in [-0.05, 0) is 12.8 Å². The van der Waals surface area contributed by atoms with Crippen molar-refractivity contribution in [3.63, 3.8) is 0 Å². The van der Waals surface area contributed by atoms with Crippen molar-refractivity contribution >= 4 is 5.91 Å². The summed E-state index contributed by atoms with van der Waals surface area (Å²) in [5.74, 6) is 0.591. The zero-order valence-corrected chi connectivity index (χ0v) is 12.1. The summed E-state index contributed by atoms with van der Waals surface area (Å²) in [6, 6.07) is 0. The normalized spacial score (nSPS) is 32.1. The number of amides is 1. The molecule has 3 fully saturated rings. The lowest BCUT2D eigenvalue weighted by molar-refractivity contribution is -0.162. The van der Waals surface area contributed by atoms with Crippen LogP contribution in [0.15, 0.2) is 12.7 Å². The van der Waals surface area contributed by atoms with Gasteiger partial charge in [-0.25, -0.2) is 0 Å². The average Bonchev–Trinajstić information content (AvgIpc) is 3.27. The molecule has 1 amide bonds. The number of rotatable bonds is 3. The van der Waals surface area contributed by atoms with Crippen LogP contribution < -0.4 is 0 Å². The first-order chi connectivity index (χ1) is 9.72. The van der Waals surface area contributed by atoms with E-state index in [0.29, 0.717) is 25.7 Å². The highest BCUT2D eigenvalue weighted by molar-refractivity contribution is 5.81. The molecule has 0 aromatic rings. The minimum Gasteiger partial charge on any atom is -0.377 e. The van der Waals surface area contributed by atoms with Gasteiger partial charge in [0.05, 0.1) is 26.4 Å². The lowest BCUT2D eigenvalue weighted by Crippen LogP contribution is -2.60. The molecule has 20 heavy (non-hydrogen) atoms. The maximum absolute atomic E-state index is 12.3. The van der Waals surface area contributed by atoms with E-state index in [-0.39, 0.29) is 11.5 Å². The van der Waals surface area contributed by atoms with Gasteiger partial charge in [0.1, 0.15) is 5.60 Å². The van der Waals surface area contributed by atoms with Crippen molar-refractivity contribution in [1.82, 2.24) is 9.80 Å². The smallest absolute Gasteiger partial charge is 0.225 e. The van der Waals surface area contributed by atoms with E-state index in [1.54, 1.807) is 0 Å². The molecule has 0 bridgehead atoms. The molecule has 3 aliphatic rings. The van der Waals surface area contributed by atoms with Crippen LogP contribution in [-0.4, -0.2) is 73.9 Å². The van der Waals surface area contributed by atoms with Crippen molar-refractivity contribution in [2.75, 3.05) is 52.5 Å². The number of hydrogen-bond acceptors (Lipinski definition) is 4. The third-order valence-corrected chi connectivity index (χ3v) is 4.30. The molecular weight excluding hydrogens is 256 g/mol. The third-order valence-electron chi connectivity index (χ3n) is 4.30. The molecule has 1 spiro atoms. The molecule has 2 aliphatic heterocycles. The van der Waals surface area contributed by atoms with Crippen molar-refractivity contribution in [2.45, 2.75) is 18.4 Å². The number of carbonyl (C=O) groups excluding carboxylic acids is 1. The quantitative estimate of drug-likeness (QED) is 0.707. The Morgan fingerprint density at radius 1 is 1.30 bits per heavy atom. The Bertz CT molecular complexity index is 383. The van der Waals surface area contributed by atoms with Crippen LogP contribution in [0.2, 0.25) is 0 Å². The summed E-state index contributed by atoms with van der Waals surface area (Å²) < 4.78 is 11.8. The predicted octanol–water partition coefficient (Wildman–Crippen LogP) is 0.512. The Labute approximate surface area is 120 Å². The molecule has 1 aliphatic carbocycles. The van der Waals surface area contributed by atoms with Gasteiger partial charge in [-0.1, -0.05) is 6.08 Å². The summed E-state index contributed by atoms with van der Waals surface area (Å²) in [6.45, 7) is 9.65. The Morgan fingerprint density at radius 2 is 2.15 bits per heavy atom. The van der Waals surface area contributed by atoms with E-state index >= 15 is 0 Å². The van der Waals surface area contributed by atoms with E-state index in [0.717, 1.165) is 45.6 Å². The van der Waals surface area contributed by atoms with Crippen molar-refractivity contribution in [3.8, 4) is 0 Å². The Kier molecular flexibility index (Phi) is 4.10. The molecule has 0 aromatic heterocycles. The van der Waals surface area contributed by atoms with Crippen LogP contribution >= 0.6 is 0 Å². The van der Waals surface area contributed by atoms with E-state index in [1.807, 2.05) is 11.0 Å². The van der Waals surface area contributed by atoms with Gasteiger partial charge in [-0.3, -0.25) is 9.69 Å². The Hall–Kier alpha value is -0.910. The number of nitrogens with zero attached hydrogens (tertiary/aromatic N) is 2. The lowest BCUT2D eigenvalue weighted by Gasteiger charge is -2.43. The average molecular weight is 280 g/mol. The van der Waals surface area contributed by atoms with E-state index in [9.17, 15) is 4.79 Å². The summed E-state index contributed by atoms with van der Waals surface area (Å²) in [5.41, 5.74) is -0.359. The van der Waals surface area contributed by atoms with E-state index in [1.165, 1.54) is 0 Å². The molecule has 2 heterocycles. The van der Waals surface area contributed by atoms with Crippen molar-refractivity contribution in [1.29, 1.82) is 0 Å². The molecule has 112 valence electrons. The second-order valence-corrected chi connectivity index (χ2v) is 6.14. The standard InChI is InChI=1S/C15H24N2O3/c1-2-5-16-6-8-19-12-15(10-16)11-17(7-9-20-15)14(18)13-3-4-13/h2,13H,1,3-12H2. The number of carbonyl (C=O) groups is 1. The summed E-state index contributed by atoms with van der Waals surface area (Å²) in [6.07, 6.45) is 4.03. The zero-order chi connectivity index (χ0) is 14.0. The molecule has 0 radical (unpaired) electrons. The largest absolute Gasteiger partial charge is 0.377 e. The van der Waals surface area contributed by atoms with Gasteiger partial charge < -0.3 is 14.4 Å². The van der Waals surface area contributed by atoms with Crippen LogP contribution in [0.4, 0.5) is 0 Å². The summed E-state index contributed by atoms with van der Waals surface area (Å²) in [7, 11) is 0. The SMILES string of the molecule is C=CCN1CCOCC2(C1)CN(C(=O)C1CC1)CCO2. The van der Waals surface area contributed by atoms with Crippen LogP contribution in [0.5, 0.6) is 0 Å². The van der Waals surface area contributed by atoms with Gasteiger partial charge >= 0.3 is 0 Å². The maximum Gasteiger partial charge on any atom is 0.225 e.